The van der Waals surface area contributed by atoms with Crippen LogP contribution >= 0.6 is 53.4 Å². The third-order valence-corrected chi connectivity index (χ3v) is 16.1. The molecule has 0 bridgehead atoms. The first kappa shape index (κ1) is 65.5. The molecule has 7 atom stereocenters. The number of ether oxygens (including phenoxy) is 11. The van der Waals surface area contributed by atoms with Gasteiger partial charge in [0.25, 0.3) is 0 Å². The van der Waals surface area contributed by atoms with Crippen molar-refractivity contribution in [2.24, 2.45) is 21.7 Å². The molecule has 18 nitrogen and oxygen atoms in total. The Morgan fingerprint density at radius 2 is 0.904 bits per heavy atom. The standard InChI is InChI=1S/C51H85Br2NO17S2/c1-36(2)54-41(55)37(52)32-47(3,4)42(56)70-28-30-72-73-31-29-71-43(57)48(5,6)33-49(7,44(58)67-25-22-64-38-16-10-13-19-61-38)34-50(8,45(59)68-26-23-65-39-17-11-14-20-62-39)35-51(9,53)46(60)69-27-24-66-40-18-12-15-21-63-40/h36-40H,10-35H2,1-9H3,(H,54,55). The number of amides is 1. The van der Waals surface area contributed by atoms with Crippen LogP contribution in [0.2, 0.25) is 0 Å². The van der Waals surface area contributed by atoms with Gasteiger partial charge in [0.15, 0.2) is 18.9 Å². The van der Waals surface area contributed by atoms with Gasteiger partial charge in [-0.3, -0.25) is 28.8 Å². The summed E-state index contributed by atoms with van der Waals surface area (Å²) in [7, 11) is 2.90. The number of rotatable bonds is 34. The number of esters is 5. The lowest BCUT2D eigenvalue weighted by molar-refractivity contribution is -0.184. The van der Waals surface area contributed by atoms with Gasteiger partial charge in [-0.1, -0.05) is 53.4 Å². The maximum atomic E-state index is 14.5. The van der Waals surface area contributed by atoms with Crippen molar-refractivity contribution in [2.45, 2.75) is 180 Å². The van der Waals surface area contributed by atoms with Gasteiger partial charge >= 0.3 is 29.8 Å². The Morgan fingerprint density at radius 1 is 0.521 bits per heavy atom. The molecule has 0 aromatic heterocycles. The van der Waals surface area contributed by atoms with Gasteiger partial charge in [-0.15, -0.1) is 0 Å². The van der Waals surface area contributed by atoms with Gasteiger partial charge in [-0.2, -0.15) is 0 Å². The third kappa shape index (κ3) is 24.6. The molecule has 0 aromatic carbocycles. The second kappa shape index (κ2) is 32.9. The highest BCUT2D eigenvalue weighted by molar-refractivity contribution is 9.10. The number of halogens is 2. The summed E-state index contributed by atoms with van der Waals surface area (Å²) in [4.78, 5) is 81.4. The van der Waals surface area contributed by atoms with Crippen LogP contribution < -0.4 is 5.32 Å². The second-order valence-corrected chi connectivity index (χ2v) is 26.8. The van der Waals surface area contributed by atoms with Gasteiger partial charge in [-0.25, -0.2) is 0 Å². The van der Waals surface area contributed by atoms with Crippen LogP contribution in [-0.4, -0.2) is 154 Å². The fourth-order valence-electron chi connectivity index (χ4n) is 8.94. The Balaban J connectivity index is 1.70. The van der Waals surface area contributed by atoms with E-state index >= 15 is 0 Å². The molecule has 73 heavy (non-hydrogen) atoms. The third-order valence-electron chi connectivity index (χ3n) is 12.4. The highest BCUT2D eigenvalue weighted by Gasteiger charge is 2.53. The van der Waals surface area contributed by atoms with E-state index < -0.39 is 73.2 Å². The molecular formula is C51H85Br2NO17S2. The topological polar surface area (TPSA) is 216 Å². The molecule has 0 spiro atoms. The normalized spacial score (nSPS) is 21.6. The first-order chi connectivity index (χ1) is 34.4. The van der Waals surface area contributed by atoms with Crippen LogP contribution in [0.5, 0.6) is 0 Å². The fraction of sp³-hybridized carbons (Fsp3) is 0.882. The lowest BCUT2D eigenvalue weighted by Gasteiger charge is -2.41. The summed E-state index contributed by atoms with van der Waals surface area (Å²) in [6, 6.07) is -0.0246. The molecule has 0 saturated carbocycles. The summed E-state index contributed by atoms with van der Waals surface area (Å²) in [5, 5.41) is 2.83. The van der Waals surface area contributed by atoms with E-state index in [0.29, 0.717) is 31.3 Å². The lowest BCUT2D eigenvalue weighted by Crippen LogP contribution is -2.48. The quantitative estimate of drug-likeness (QED) is 0.0209. The number of alkyl halides is 2. The number of hydrogen-bond acceptors (Lipinski definition) is 19. The van der Waals surface area contributed by atoms with Crippen molar-refractivity contribution < 1.29 is 80.9 Å². The van der Waals surface area contributed by atoms with E-state index in [1.165, 1.54) is 21.6 Å². The first-order valence-corrected chi connectivity index (χ1v) is 30.0. The molecular weight excluding hydrogens is 1120 g/mol. The smallest absolute Gasteiger partial charge is 0.322 e. The molecule has 7 unspecified atom stereocenters. The molecule has 0 aromatic rings. The zero-order valence-electron chi connectivity index (χ0n) is 44.8. The molecule has 3 saturated heterocycles. The zero-order valence-corrected chi connectivity index (χ0v) is 49.6. The van der Waals surface area contributed by atoms with Crippen molar-refractivity contribution in [1.82, 2.24) is 5.32 Å². The van der Waals surface area contributed by atoms with Crippen LogP contribution in [0.1, 0.15) is 146 Å². The highest BCUT2D eigenvalue weighted by Crippen LogP contribution is 2.49. The van der Waals surface area contributed by atoms with E-state index in [-0.39, 0.29) is 96.8 Å². The maximum absolute atomic E-state index is 14.5. The average Bonchev–Trinajstić information content (AvgIpc) is 3.33. The van der Waals surface area contributed by atoms with Crippen LogP contribution in [-0.2, 0) is 80.9 Å². The van der Waals surface area contributed by atoms with Gasteiger partial charge in [0.2, 0.25) is 5.91 Å². The fourth-order valence-corrected chi connectivity index (χ4v) is 12.3. The molecule has 3 rings (SSSR count). The monoisotopic (exact) mass is 1210 g/mol. The van der Waals surface area contributed by atoms with Crippen molar-refractivity contribution in [2.75, 3.05) is 84.2 Å². The van der Waals surface area contributed by atoms with Crippen LogP contribution in [0.15, 0.2) is 0 Å². The largest absolute Gasteiger partial charge is 0.464 e. The summed E-state index contributed by atoms with van der Waals surface area (Å²) >= 11 is 6.96. The molecule has 1 amide bonds. The SMILES string of the molecule is CC(C)NC(=O)C(Br)CC(C)(C)C(=O)OCCSSCCOC(=O)C(C)(C)CC(C)(CC(C)(CC(C)(Br)C(=O)OCCOC1CCCCO1)C(=O)OCCOC1CCCCO1)C(=O)OCCOC1CCCCO1. The average molecular weight is 1210 g/mol. The summed E-state index contributed by atoms with van der Waals surface area (Å²) < 4.78 is 61.7. The lowest BCUT2D eigenvalue weighted by atomic mass is 9.64. The summed E-state index contributed by atoms with van der Waals surface area (Å²) in [5.41, 5.74) is -5.25. The van der Waals surface area contributed by atoms with E-state index in [1.54, 1.807) is 48.5 Å². The van der Waals surface area contributed by atoms with Crippen molar-refractivity contribution in [3.8, 4) is 0 Å². The molecule has 3 fully saturated rings. The van der Waals surface area contributed by atoms with Crippen molar-refractivity contribution in [3.63, 3.8) is 0 Å². The molecule has 3 heterocycles. The van der Waals surface area contributed by atoms with Gasteiger partial charge in [-0.05, 0) is 146 Å². The summed E-state index contributed by atoms with van der Waals surface area (Å²) in [5.74, 6) is -2.29. The minimum Gasteiger partial charge on any atom is -0.464 e. The maximum Gasteiger partial charge on any atom is 0.322 e. The van der Waals surface area contributed by atoms with E-state index in [0.717, 1.165) is 57.8 Å². The molecule has 422 valence electrons. The molecule has 3 aliphatic heterocycles. The molecule has 0 aliphatic carbocycles. The van der Waals surface area contributed by atoms with Crippen LogP contribution in [0.3, 0.4) is 0 Å². The van der Waals surface area contributed by atoms with Crippen molar-refractivity contribution in [3.05, 3.63) is 0 Å². The van der Waals surface area contributed by atoms with E-state index in [1.807, 2.05) is 13.8 Å². The number of hydrogen-bond donors (Lipinski definition) is 1. The first-order valence-electron chi connectivity index (χ1n) is 25.8. The van der Waals surface area contributed by atoms with Crippen LogP contribution in [0, 0.1) is 21.7 Å². The summed E-state index contributed by atoms with van der Waals surface area (Å²) in [6.45, 7) is 17.4. The van der Waals surface area contributed by atoms with Crippen molar-refractivity contribution >= 4 is 89.2 Å². The van der Waals surface area contributed by atoms with Gasteiger partial charge in [0, 0.05) is 37.4 Å². The van der Waals surface area contributed by atoms with Gasteiger partial charge in [0.05, 0.1) is 46.3 Å². The predicted molar refractivity (Wildman–Crippen MR) is 284 cm³/mol. The minimum absolute atomic E-state index is 0.0246. The second-order valence-electron chi connectivity index (χ2n) is 21.3. The Bertz CT molecular complexity index is 1710. The van der Waals surface area contributed by atoms with E-state index in [9.17, 15) is 28.8 Å². The van der Waals surface area contributed by atoms with Gasteiger partial charge < -0.3 is 57.4 Å². The molecule has 3 aliphatic rings. The molecule has 1 N–H and O–H groups in total. The van der Waals surface area contributed by atoms with Gasteiger partial charge in [0.1, 0.15) is 37.4 Å². The Hall–Kier alpha value is -1.76. The van der Waals surface area contributed by atoms with Crippen LogP contribution in [0.4, 0.5) is 0 Å². The Kier molecular flexibility index (Phi) is 29.5. The Labute approximate surface area is 458 Å². The number of carbonyl (C=O) groups is 6. The van der Waals surface area contributed by atoms with E-state index in [2.05, 4.69) is 37.2 Å². The zero-order chi connectivity index (χ0) is 54.1. The predicted octanol–water partition coefficient (Wildman–Crippen LogP) is 8.78. The van der Waals surface area contributed by atoms with E-state index in [4.69, 9.17) is 52.1 Å². The summed E-state index contributed by atoms with van der Waals surface area (Å²) in [6.07, 6.45) is 6.57. The number of nitrogens with one attached hydrogen (secondary N) is 1. The molecule has 22 heteroatoms. The van der Waals surface area contributed by atoms with Crippen LogP contribution in [0.25, 0.3) is 0 Å². The Morgan fingerprint density at radius 3 is 1.30 bits per heavy atom. The van der Waals surface area contributed by atoms with Crippen molar-refractivity contribution in [1.29, 1.82) is 0 Å². The highest BCUT2D eigenvalue weighted by atomic mass is 79.9. The number of carbonyl (C=O) groups excluding carboxylic acids is 6. The molecule has 0 radical (unpaired) electrons. The minimum atomic E-state index is -1.55.